The summed E-state index contributed by atoms with van der Waals surface area (Å²) in [4.78, 5) is 13.0. The van der Waals surface area contributed by atoms with Crippen LogP contribution >= 0.6 is 11.6 Å². The zero-order valence-electron chi connectivity index (χ0n) is 13.8. The fraction of sp³-hybridized carbons (Fsp3) is 0.0455. The number of fused-ring (bicyclic) bond motifs is 1. The Bertz CT molecular complexity index is 1120. The molecule has 1 aromatic heterocycles. The average molecular weight is 363 g/mol. The predicted octanol–water partition coefficient (Wildman–Crippen LogP) is 5.69. The Kier molecular flexibility index (Phi) is 4.46. The molecule has 0 saturated heterocycles. The van der Waals surface area contributed by atoms with E-state index in [-0.39, 0.29) is 17.8 Å². The minimum absolute atomic E-state index is 0.187. The number of hydrogen-bond donors (Lipinski definition) is 0. The summed E-state index contributed by atoms with van der Waals surface area (Å²) in [5, 5.41) is 1.12. The monoisotopic (exact) mass is 362 g/mol. The number of para-hydroxylation sites is 1. The van der Waals surface area contributed by atoms with Gasteiger partial charge in [-0.25, -0.2) is 0 Å². The molecule has 0 amide bonds. The zero-order chi connectivity index (χ0) is 17.9. The Balaban J connectivity index is 1.83. The number of halogens is 1. The Morgan fingerprint density at radius 2 is 1.65 bits per heavy atom. The molecule has 0 saturated carbocycles. The first-order chi connectivity index (χ1) is 12.7. The van der Waals surface area contributed by atoms with E-state index in [4.69, 9.17) is 20.8 Å². The lowest BCUT2D eigenvalue weighted by molar-refractivity contribution is 0.298. The highest BCUT2D eigenvalue weighted by atomic mass is 35.5. The van der Waals surface area contributed by atoms with Gasteiger partial charge in [-0.15, -0.1) is 0 Å². The molecule has 0 N–H and O–H groups in total. The molecule has 0 atom stereocenters. The molecule has 0 spiro atoms. The van der Waals surface area contributed by atoms with Crippen LogP contribution in [-0.2, 0) is 6.61 Å². The van der Waals surface area contributed by atoms with Gasteiger partial charge in [0.25, 0.3) is 0 Å². The van der Waals surface area contributed by atoms with Gasteiger partial charge in [-0.3, -0.25) is 4.79 Å². The highest BCUT2D eigenvalue weighted by molar-refractivity contribution is 6.30. The standard InChI is InChI=1S/C22H15ClO3/c23-17-10-6-7-15(13-17)14-25-22-20(24)18-11-4-5-12-19(18)26-21(22)16-8-2-1-3-9-16/h1-13H,14H2. The van der Waals surface area contributed by atoms with Crippen LogP contribution in [0.2, 0.25) is 5.02 Å². The van der Waals surface area contributed by atoms with Crippen LogP contribution in [0.1, 0.15) is 5.56 Å². The van der Waals surface area contributed by atoms with Crippen molar-refractivity contribution in [2.45, 2.75) is 6.61 Å². The summed E-state index contributed by atoms with van der Waals surface area (Å²) >= 11 is 6.03. The molecule has 128 valence electrons. The Morgan fingerprint density at radius 3 is 2.46 bits per heavy atom. The third kappa shape index (κ3) is 3.22. The molecule has 0 aliphatic rings. The summed E-state index contributed by atoms with van der Waals surface area (Å²) in [5.74, 6) is 0.631. The average Bonchev–Trinajstić information content (AvgIpc) is 2.68. The first kappa shape index (κ1) is 16.4. The van der Waals surface area contributed by atoms with Gasteiger partial charge in [0.15, 0.2) is 5.76 Å². The highest BCUT2D eigenvalue weighted by Gasteiger charge is 2.17. The van der Waals surface area contributed by atoms with E-state index in [1.807, 2.05) is 60.7 Å². The quantitative estimate of drug-likeness (QED) is 0.468. The van der Waals surface area contributed by atoms with Crippen LogP contribution in [0.5, 0.6) is 5.75 Å². The molecule has 4 aromatic rings. The van der Waals surface area contributed by atoms with Crippen molar-refractivity contribution in [2.75, 3.05) is 0 Å². The maximum Gasteiger partial charge on any atom is 0.235 e. The summed E-state index contributed by atoms with van der Waals surface area (Å²) in [6.07, 6.45) is 0. The Labute approximate surface area is 155 Å². The van der Waals surface area contributed by atoms with Gasteiger partial charge >= 0.3 is 0 Å². The van der Waals surface area contributed by atoms with E-state index in [2.05, 4.69) is 0 Å². The van der Waals surface area contributed by atoms with Gasteiger partial charge in [-0.2, -0.15) is 0 Å². The number of rotatable bonds is 4. The third-order valence-corrected chi connectivity index (χ3v) is 4.30. The van der Waals surface area contributed by atoms with E-state index in [1.54, 1.807) is 18.2 Å². The van der Waals surface area contributed by atoms with Crippen LogP contribution in [-0.4, -0.2) is 0 Å². The van der Waals surface area contributed by atoms with Crippen molar-refractivity contribution in [2.24, 2.45) is 0 Å². The number of hydrogen-bond acceptors (Lipinski definition) is 3. The van der Waals surface area contributed by atoms with Crippen molar-refractivity contribution in [1.82, 2.24) is 0 Å². The van der Waals surface area contributed by atoms with Crippen molar-refractivity contribution in [3.05, 3.63) is 99.7 Å². The van der Waals surface area contributed by atoms with Crippen molar-refractivity contribution in [1.29, 1.82) is 0 Å². The van der Waals surface area contributed by atoms with Crippen molar-refractivity contribution >= 4 is 22.6 Å². The van der Waals surface area contributed by atoms with Crippen LogP contribution in [0, 0.1) is 0 Å². The number of benzene rings is 3. The van der Waals surface area contributed by atoms with E-state index in [9.17, 15) is 4.79 Å². The van der Waals surface area contributed by atoms with Gasteiger partial charge in [0, 0.05) is 10.6 Å². The second-order valence-corrected chi connectivity index (χ2v) is 6.31. The van der Waals surface area contributed by atoms with Crippen LogP contribution < -0.4 is 10.2 Å². The summed E-state index contributed by atoms with van der Waals surface area (Å²) in [6, 6.07) is 24.0. The van der Waals surface area contributed by atoms with Crippen molar-refractivity contribution in [3.63, 3.8) is 0 Å². The van der Waals surface area contributed by atoms with Crippen molar-refractivity contribution in [3.8, 4) is 17.1 Å². The van der Waals surface area contributed by atoms with Gasteiger partial charge in [0.2, 0.25) is 11.2 Å². The lowest BCUT2D eigenvalue weighted by Crippen LogP contribution is -2.10. The molecule has 26 heavy (non-hydrogen) atoms. The fourth-order valence-corrected chi connectivity index (χ4v) is 3.03. The second kappa shape index (κ2) is 7.06. The van der Waals surface area contributed by atoms with Crippen LogP contribution in [0.15, 0.2) is 88.1 Å². The highest BCUT2D eigenvalue weighted by Crippen LogP contribution is 2.31. The molecule has 0 fully saturated rings. The molecule has 0 aliphatic heterocycles. The second-order valence-electron chi connectivity index (χ2n) is 5.87. The summed E-state index contributed by atoms with van der Waals surface area (Å²) < 4.78 is 11.9. The Morgan fingerprint density at radius 1 is 0.885 bits per heavy atom. The molecule has 4 rings (SSSR count). The minimum Gasteiger partial charge on any atom is -0.481 e. The fourth-order valence-electron chi connectivity index (χ4n) is 2.82. The maximum absolute atomic E-state index is 13.0. The lowest BCUT2D eigenvalue weighted by atomic mass is 10.1. The van der Waals surface area contributed by atoms with Gasteiger partial charge in [0.1, 0.15) is 12.2 Å². The number of ether oxygens (including phenoxy) is 1. The molecular weight excluding hydrogens is 348 g/mol. The first-order valence-corrected chi connectivity index (χ1v) is 8.59. The summed E-state index contributed by atoms with van der Waals surface area (Å²) in [5.41, 5.74) is 2.01. The normalized spacial score (nSPS) is 10.8. The topological polar surface area (TPSA) is 39.4 Å². The van der Waals surface area contributed by atoms with Gasteiger partial charge in [-0.1, -0.05) is 66.2 Å². The van der Waals surface area contributed by atoms with E-state index >= 15 is 0 Å². The van der Waals surface area contributed by atoms with E-state index in [0.29, 0.717) is 21.8 Å². The first-order valence-electron chi connectivity index (χ1n) is 8.21. The van der Waals surface area contributed by atoms with Crippen LogP contribution in [0.3, 0.4) is 0 Å². The smallest absolute Gasteiger partial charge is 0.235 e. The molecule has 3 nitrogen and oxygen atoms in total. The minimum atomic E-state index is -0.187. The van der Waals surface area contributed by atoms with Gasteiger partial charge in [-0.05, 0) is 29.8 Å². The van der Waals surface area contributed by atoms with Crippen LogP contribution in [0.25, 0.3) is 22.3 Å². The maximum atomic E-state index is 13.0. The van der Waals surface area contributed by atoms with E-state index < -0.39 is 0 Å². The zero-order valence-corrected chi connectivity index (χ0v) is 14.6. The molecule has 1 heterocycles. The lowest BCUT2D eigenvalue weighted by Gasteiger charge is -2.12. The van der Waals surface area contributed by atoms with Gasteiger partial charge < -0.3 is 9.15 Å². The molecule has 4 heteroatoms. The van der Waals surface area contributed by atoms with E-state index in [0.717, 1.165) is 11.1 Å². The molecule has 0 bridgehead atoms. The van der Waals surface area contributed by atoms with Gasteiger partial charge in [0.05, 0.1) is 5.39 Å². The molecule has 3 aromatic carbocycles. The molecular formula is C22H15ClO3. The SMILES string of the molecule is O=c1c(OCc2cccc(Cl)c2)c(-c2ccccc2)oc2ccccc12. The predicted molar refractivity (Wildman–Crippen MR) is 104 cm³/mol. The summed E-state index contributed by atoms with van der Waals surface area (Å²) in [7, 11) is 0. The van der Waals surface area contributed by atoms with Crippen LogP contribution in [0.4, 0.5) is 0 Å². The Hall–Kier alpha value is -3.04. The molecule has 0 unspecified atom stereocenters. The molecule has 0 radical (unpaired) electrons. The largest absolute Gasteiger partial charge is 0.481 e. The van der Waals surface area contributed by atoms with Crippen molar-refractivity contribution < 1.29 is 9.15 Å². The van der Waals surface area contributed by atoms with E-state index in [1.165, 1.54) is 0 Å². The molecule has 0 aliphatic carbocycles. The third-order valence-electron chi connectivity index (χ3n) is 4.06. The summed E-state index contributed by atoms with van der Waals surface area (Å²) in [6.45, 7) is 0.226.